The summed E-state index contributed by atoms with van der Waals surface area (Å²) in [7, 11) is 0. The smallest absolute Gasteiger partial charge is 0.336 e. The van der Waals surface area contributed by atoms with E-state index in [1.807, 2.05) is 6.07 Å². The Morgan fingerprint density at radius 3 is 2.63 bits per heavy atom. The van der Waals surface area contributed by atoms with Crippen LogP contribution in [0.4, 0.5) is 0 Å². The van der Waals surface area contributed by atoms with Gasteiger partial charge in [-0.2, -0.15) is 0 Å². The molecule has 1 heterocycles. The minimum absolute atomic E-state index is 0.00569. The summed E-state index contributed by atoms with van der Waals surface area (Å²) in [5, 5.41) is 12.8. The van der Waals surface area contributed by atoms with Crippen LogP contribution in [-0.2, 0) is 20.9 Å². The van der Waals surface area contributed by atoms with Crippen molar-refractivity contribution in [3.8, 4) is 11.5 Å². The number of hydrogen-bond donors (Lipinski definition) is 2. The molecule has 1 aromatic heterocycles. The molecule has 0 spiro atoms. The van der Waals surface area contributed by atoms with Crippen molar-refractivity contribution in [3.63, 3.8) is 0 Å². The molecule has 30 heavy (non-hydrogen) atoms. The summed E-state index contributed by atoms with van der Waals surface area (Å²) >= 11 is 0. The Balaban J connectivity index is 1.59. The van der Waals surface area contributed by atoms with Crippen LogP contribution >= 0.6 is 0 Å². The number of ether oxygens (including phenoxy) is 2. The first-order chi connectivity index (χ1) is 14.3. The topological polar surface area (TPSA) is 115 Å². The van der Waals surface area contributed by atoms with Gasteiger partial charge in [0.1, 0.15) is 29.7 Å². The zero-order valence-electron chi connectivity index (χ0n) is 16.5. The molecule has 156 valence electrons. The van der Waals surface area contributed by atoms with Gasteiger partial charge in [-0.15, -0.1) is 0 Å². The van der Waals surface area contributed by atoms with E-state index in [9.17, 15) is 19.5 Å². The predicted molar refractivity (Wildman–Crippen MR) is 108 cm³/mol. The zero-order chi connectivity index (χ0) is 21.7. The number of amides is 1. The summed E-state index contributed by atoms with van der Waals surface area (Å²) in [6.45, 7) is 2.68. The molecule has 0 saturated carbocycles. The minimum atomic E-state index is -0.908. The average Bonchev–Trinajstić information content (AvgIpc) is 2.74. The largest absolute Gasteiger partial charge is 0.508 e. The van der Waals surface area contributed by atoms with E-state index in [0.29, 0.717) is 22.3 Å². The molecule has 0 radical (unpaired) electrons. The van der Waals surface area contributed by atoms with Crippen molar-refractivity contribution in [3.05, 3.63) is 70.1 Å². The first-order valence-electron chi connectivity index (χ1n) is 9.24. The number of esters is 1. The predicted octanol–water partition coefficient (Wildman–Crippen LogP) is 2.43. The van der Waals surface area contributed by atoms with Gasteiger partial charge in [-0.25, -0.2) is 9.59 Å². The second-order valence-electron chi connectivity index (χ2n) is 6.68. The SMILES string of the molecule is Cc1c(O)ccc2c(COC(=O)[C@H](C)NC(=O)COc3ccccc3)cc(=O)oc12. The van der Waals surface area contributed by atoms with Gasteiger partial charge in [0, 0.05) is 22.6 Å². The maximum absolute atomic E-state index is 12.2. The van der Waals surface area contributed by atoms with E-state index in [1.165, 1.54) is 19.1 Å². The zero-order valence-corrected chi connectivity index (χ0v) is 16.5. The number of benzene rings is 2. The molecule has 2 aromatic carbocycles. The van der Waals surface area contributed by atoms with E-state index in [1.54, 1.807) is 37.3 Å². The number of aryl methyl sites for hydroxylation is 1. The first-order valence-corrected chi connectivity index (χ1v) is 9.24. The molecule has 0 aliphatic carbocycles. The van der Waals surface area contributed by atoms with Crippen LogP contribution in [-0.4, -0.2) is 29.6 Å². The van der Waals surface area contributed by atoms with Crippen molar-refractivity contribution in [2.24, 2.45) is 0 Å². The Morgan fingerprint density at radius 2 is 1.90 bits per heavy atom. The van der Waals surface area contributed by atoms with Gasteiger partial charge < -0.3 is 24.3 Å². The summed E-state index contributed by atoms with van der Waals surface area (Å²) in [5.41, 5.74) is 0.454. The van der Waals surface area contributed by atoms with Crippen LogP contribution in [0.1, 0.15) is 18.1 Å². The Morgan fingerprint density at radius 1 is 1.17 bits per heavy atom. The van der Waals surface area contributed by atoms with E-state index in [0.717, 1.165) is 0 Å². The average molecular weight is 411 g/mol. The summed E-state index contributed by atoms with van der Waals surface area (Å²) in [5.74, 6) is -0.604. The number of hydrogen-bond acceptors (Lipinski definition) is 7. The highest BCUT2D eigenvalue weighted by molar-refractivity contribution is 5.86. The van der Waals surface area contributed by atoms with Gasteiger partial charge in [0.15, 0.2) is 6.61 Å². The highest BCUT2D eigenvalue weighted by Gasteiger charge is 2.19. The van der Waals surface area contributed by atoms with Gasteiger partial charge >= 0.3 is 11.6 Å². The highest BCUT2D eigenvalue weighted by atomic mass is 16.5. The van der Waals surface area contributed by atoms with Gasteiger partial charge in [-0.05, 0) is 38.1 Å². The first kappa shape index (κ1) is 20.9. The van der Waals surface area contributed by atoms with Gasteiger partial charge in [0.25, 0.3) is 5.91 Å². The maximum atomic E-state index is 12.2. The van der Waals surface area contributed by atoms with Crippen LogP contribution < -0.4 is 15.7 Å². The van der Waals surface area contributed by atoms with Gasteiger partial charge in [-0.1, -0.05) is 18.2 Å². The van der Waals surface area contributed by atoms with E-state index in [2.05, 4.69) is 5.32 Å². The minimum Gasteiger partial charge on any atom is -0.508 e. The van der Waals surface area contributed by atoms with E-state index in [-0.39, 0.29) is 24.5 Å². The molecule has 8 heteroatoms. The molecule has 0 fully saturated rings. The van der Waals surface area contributed by atoms with Crippen molar-refractivity contribution in [2.75, 3.05) is 6.61 Å². The molecule has 0 aliphatic rings. The molecule has 1 amide bonds. The lowest BCUT2D eigenvalue weighted by atomic mass is 10.1. The Hall–Kier alpha value is -3.81. The second-order valence-corrected chi connectivity index (χ2v) is 6.68. The number of phenols is 1. The van der Waals surface area contributed by atoms with Crippen LogP contribution in [0.2, 0.25) is 0 Å². The number of carbonyl (C=O) groups is 2. The summed E-state index contributed by atoms with van der Waals surface area (Å²) in [4.78, 5) is 36.0. The Bertz CT molecular complexity index is 1120. The van der Waals surface area contributed by atoms with Crippen LogP contribution in [0.15, 0.2) is 57.7 Å². The number of aromatic hydroxyl groups is 1. The van der Waals surface area contributed by atoms with Gasteiger partial charge in [0.05, 0.1) is 0 Å². The van der Waals surface area contributed by atoms with Crippen molar-refractivity contribution in [1.82, 2.24) is 5.32 Å². The lowest BCUT2D eigenvalue weighted by Gasteiger charge is -2.14. The number of rotatable bonds is 7. The Kier molecular flexibility index (Phi) is 6.36. The van der Waals surface area contributed by atoms with Gasteiger partial charge in [0.2, 0.25) is 0 Å². The monoisotopic (exact) mass is 411 g/mol. The third-order valence-electron chi connectivity index (χ3n) is 4.43. The molecule has 8 nitrogen and oxygen atoms in total. The standard InChI is InChI=1S/C22H21NO7/c1-13-18(24)9-8-17-15(10-20(26)30-21(13)17)11-29-22(27)14(2)23-19(25)12-28-16-6-4-3-5-7-16/h3-10,14,24H,11-12H2,1-2H3,(H,23,25)/t14-/m0/s1. The number of phenolic OH excluding ortho intramolecular Hbond substituents is 1. The van der Waals surface area contributed by atoms with E-state index < -0.39 is 23.5 Å². The number of fused-ring (bicyclic) bond motifs is 1. The number of nitrogens with one attached hydrogen (secondary N) is 1. The molecule has 3 aromatic rings. The van der Waals surface area contributed by atoms with Crippen molar-refractivity contribution in [1.29, 1.82) is 0 Å². The van der Waals surface area contributed by atoms with Crippen LogP contribution in [0.5, 0.6) is 11.5 Å². The lowest BCUT2D eigenvalue weighted by molar-refractivity contribution is -0.148. The fraction of sp³-hybridized carbons (Fsp3) is 0.227. The fourth-order valence-corrected chi connectivity index (χ4v) is 2.82. The molecule has 0 saturated heterocycles. The van der Waals surface area contributed by atoms with Crippen molar-refractivity contribution < 1.29 is 28.6 Å². The van der Waals surface area contributed by atoms with Crippen LogP contribution in [0, 0.1) is 6.92 Å². The van der Waals surface area contributed by atoms with Crippen molar-refractivity contribution in [2.45, 2.75) is 26.5 Å². The van der Waals surface area contributed by atoms with Crippen LogP contribution in [0.3, 0.4) is 0 Å². The third kappa shape index (κ3) is 4.96. The molecular formula is C22H21NO7. The normalized spacial score (nSPS) is 11.7. The Labute approximate surface area is 172 Å². The molecule has 0 aliphatic heterocycles. The van der Waals surface area contributed by atoms with E-state index in [4.69, 9.17) is 13.9 Å². The second kappa shape index (κ2) is 9.13. The lowest BCUT2D eigenvalue weighted by Crippen LogP contribution is -2.41. The molecular weight excluding hydrogens is 390 g/mol. The summed E-state index contributed by atoms with van der Waals surface area (Å²) in [6, 6.07) is 12.2. The molecule has 3 rings (SSSR count). The third-order valence-corrected chi connectivity index (χ3v) is 4.43. The molecule has 0 unspecified atom stereocenters. The van der Waals surface area contributed by atoms with Crippen molar-refractivity contribution >= 4 is 22.8 Å². The molecule has 0 bridgehead atoms. The van der Waals surface area contributed by atoms with Crippen LogP contribution in [0.25, 0.3) is 11.0 Å². The van der Waals surface area contributed by atoms with Gasteiger partial charge in [-0.3, -0.25) is 4.79 Å². The number of carbonyl (C=O) groups excluding carboxylic acids is 2. The number of para-hydroxylation sites is 1. The summed E-state index contributed by atoms with van der Waals surface area (Å²) in [6.07, 6.45) is 0. The fourth-order valence-electron chi connectivity index (χ4n) is 2.82. The quantitative estimate of drug-likeness (QED) is 0.453. The summed E-state index contributed by atoms with van der Waals surface area (Å²) < 4.78 is 15.7. The molecule has 2 N–H and O–H groups in total. The molecule has 1 atom stereocenters. The van der Waals surface area contributed by atoms with E-state index >= 15 is 0 Å². The highest BCUT2D eigenvalue weighted by Crippen LogP contribution is 2.27. The maximum Gasteiger partial charge on any atom is 0.336 e.